The molecule has 3 nitrogen and oxygen atoms in total. The van der Waals surface area contributed by atoms with Crippen LogP contribution in [-0.4, -0.2) is 13.2 Å². The predicted molar refractivity (Wildman–Crippen MR) is 71.1 cm³/mol. The van der Waals surface area contributed by atoms with Crippen molar-refractivity contribution in [3.05, 3.63) is 41.0 Å². The normalized spacial score (nSPS) is 12.8. The van der Waals surface area contributed by atoms with E-state index in [9.17, 15) is 8.96 Å². The molecule has 18 heavy (non-hydrogen) atoms. The van der Waals surface area contributed by atoms with Gasteiger partial charge >= 0.3 is 7.60 Å². The molecule has 0 unspecified atom stereocenters. The van der Waals surface area contributed by atoms with E-state index in [2.05, 4.69) is 0 Å². The topological polar surface area (TPSA) is 35.5 Å². The van der Waals surface area contributed by atoms with Gasteiger partial charge in [0.15, 0.2) is 0 Å². The fourth-order valence-electron chi connectivity index (χ4n) is 1.46. The number of rotatable bonds is 6. The summed E-state index contributed by atoms with van der Waals surface area (Å²) in [5.41, 5.74) is 0.697. The molecule has 0 saturated carbocycles. The monoisotopic (exact) mass is 272 g/mol. The lowest BCUT2D eigenvalue weighted by atomic mass is 10.1. The first-order valence-corrected chi connectivity index (χ1v) is 7.40. The van der Waals surface area contributed by atoms with E-state index in [1.54, 1.807) is 26.0 Å². The Morgan fingerprint density at radius 3 is 2.33 bits per heavy atom. The van der Waals surface area contributed by atoms with Crippen LogP contribution in [0.4, 0.5) is 4.39 Å². The molecule has 0 aliphatic carbocycles. The van der Waals surface area contributed by atoms with Crippen molar-refractivity contribution in [2.75, 3.05) is 13.2 Å². The molecule has 5 heteroatoms. The molecule has 0 aliphatic heterocycles. The van der Waals surface area contributed by atoms with E-state index < -0.39 is 13.2 Å². The number of halogens is 1. The van der Waals surface area contributed by atoms with Crippen LogP contribution in [0, 0.1) is 6.92 Å². The van der Waals surface area contributed by atoms with Gasteiger partial charge in [-0.25, -0.2) is 0 Å². The van der Waals surface area contributed by atoms with E-state index in [-0.39, 0.29) is 13.2 Å². The largest absolute Gasteiger partial charge is 0.389 e. The lowest BCUT2D eigenvalue weighted by molar-refractivity contribution is 0.220. The standard InChI is InChI=1S/C13H18FO3P/c1-4-16-18(15,17-5-2)13(14)10-12-9-7-6-8-11(12)3/h6-10H,4-5H2,1-3H3. The van der Waals surface area contributed by atoms with Gasteiger partial charge in [-0.3, -0.25) is 4.57 Å². The molecule has 0 radical (unpaired) electrons. The van der Waals surface area contributed by atoms with Gasteiger partial charge in [0.05, 0.1) is 13.2 Å². The maximum Gasteiger partial charge on any atom is 0.389 e. The van der Waals surface area contributed by atoms with Gasteiger partial charge < -0.3 is 9.05 Å². The second-order valence-electron chi connectivity index (χ2n) is 3.66. The smallest absolute Gasteiger partial charge is 0.304 e. The minimum absolute atomic E-state index is 0.131. The summed E-state index contributed by atoms with van der Waals surface area (Å²) in [6.07, 6.45) is 1.21. The van der Waals surface area contributed by atoms with Crippen LogP contribution in [-0.2, 0) is 13.6 Å². The van der Waals surface area contributed by atoms with Crippen molar-refractivity contribution in [2.24, 2.45) is 0 Å². The summed E-state index contributed by atoms with van der Waals surface area (Å²) in [5.74, 6) is 0. The molecule has 1 rings (SSSR count). The van der Waals surface area contributed by atoms with Gasteiger partial charge in [-0.2, -0.15) is 4.39 Å². The lowest BCUT2D eigenvalue weighted by Gasteiger charge is -2.15. The summed E-state index contributed by atoms with van der Waals surface area (Å²) in [6.45, 7) is 5.41. The molecular formula is C13H18FO3P. The highest BCUT2D eigenvalue weighted by atomic mass is 31.2. The first kappa shape index (κ1) is 15.1. The van der Waals surface area contributed by atoms with Crippen molar-refractivity contribution >= 4 is 13.7 Å². The number of hydrogen-bond acceptors (Lipinski definition) is 3. The highest BCUT2D eigenvalue weighted by Gasteiger charge is 2.30. The Kier molecular flexibility index (Phi) is 5.73. The van der Waals surface area contributed by atoms with Crippen molar-refractivity contribution in [1.29, 1.82) is 0 Å². The molecule has 0 fully saturated rings. The molecule has 0 aromatic heterocycles. The minimum Gasteiger partial charge on any atom is -0.304 e. The molecule has 0 N–H and O–H groups in total. The van der Waals surface area contributed by atoms with Crippen molar-refractivity contribution in [3.8, 4) is 0 Å². The molecule has 0 aliphatic rings. The van der Waals surface area contributed by atoms with Crippen molar-refractivity contribution in [2.45, 2.75) is 20.8 Å². The van der Waals surface area contributed by atoms with Crippen LogP contribution in [0.25, 0.3) is 6.08 Å². The van der Waals surface area contributed by atoms with Gasteiger partial charge in [0.25, 0.3) is 0 Å². The van der Waals surface area contributed by atoms with E-state index in [1.807, 2.05) is 19.1 Å². The summed E-state index contributed by atoms with van der Waals surface area (Å²) in [6, 6.07) is 7.25. The summed E-state index contributed by atoms with van der Waals surface area (Å²) < 4.78 is 36.0. The third-order valence-electron chi connectivity index (χ3n) is 2.32. The highest BCUT2D eigenvalue weighted by molar-refractivity contribution is 7.58. The van der Waals surface area contributed by atoms with Crippen LogP contribution in [0.2, 0.25) is 0 Å². The van der Waals surface area contributed by atoms with Crippen molar-refractivity contribution < 1.29 is 18.0 Å². The van der Waals surface area contributed by atoms with Crippen LogP contribution in [0.1, 0.15) is 25.0 Å². The third kappa shape index (κ3) is 3.77. The molecule has 0 atom stereocenters. The second-order valence-corrected chi connectivity index (χ2v) is 5.60. The zero-order valence-corrected chi connectivity index (χ0v) is 11.7. The van der Waals surface area contributed by atoms with Gasteiger partial charge in [0, 0.05) is 0 Å². The molecule has 1 aromatic carbocycles. The minimum atomic E-state index is -3.80. The average Bonchev–Trinajstić information content (AvgIpc) is 2.32. The lowest BCUT2D eigenvalue weighted by Crippen LogP contribution is -1.96. The zero-order chi connectivity index (χ0) is 13.6. The molecule has 100 valence electrons. The van der Waals surface area contributed by atoms with Gasteiger partial charge in [0.2, 0.25) is 5.57 Å². The Bertz CT molecular complexity index is 461. The van der Waals surface area contributed by atoms with Crippen LogP contribution >= 0.6 is 7.60 Å². The summed E-state index contributed by atoms with van der Waals surface area (Å²) >= 11 is 0. The van der Waals surface area contributed by atoms with Gasteiger partial charge in [0.1, 0.15) is 0 Å². The Hall–Kier alpha value is -0.960. The van der Waals surface area contributed by atoms with Crippen LogP contribution < -0.4 is 0 Å². The second kappa shape index (κ2) is 6.83. The Balaban J connectivity index is 3.07. The molecule has 0 heterocycles. The number of hydrogen-bond donors (Lipinski definition) is 0. The zero-order valence-electron chi connectivity index (χ0n) is 10.9. The Labute approximate surface area is 107 Å². The molecular weight excluding hydrogens is 254 g/mol. The van der Waals surface area contributed by atoms with Crippen LogP contribution in [0.3, 0.4) is 0 Å². The van der Waals surface area contributed by atoms with Gasteiger partial charge in [-0.05, 0) is 38.0 Å². The van der Waals surface area contributed by atoms with E-state index in [0.717, 1.165) is 5.56 Å². The molecule has 0 bridgehead atoms. The van der Waals surface area contributed by atoms with Crippen LogP contribution in [0.5, 0.6) is 0 Å². The number of aryl methyl sites for hydroxylation is 1. The summed E-state index contributed by atoms with van der Waals surface area (Å²) in [5, 5.41) is 0. The quantitative estimate of drug-likeness (QED) is 0.714. The molecule has 1 aromatic rings. The Morgan fingerprint density at radius 2 is 1.83 bits per heavy atom. The summed E-state index contributed by atoms with van der Waals surface area (Å²) in [4.78, 5) is 0. The van der Waals surface area contributed by atoms with Crippen molar-refractivity contribution in [3.63, 3.8) is 0 Å². The highest BCUT2D eigenvalue weighted by Crippen LogP contribution is 2.57. The van der Waals surface area contributed by atoms with Gasteiger partial charge in [-0.15, -0.1) is 0 Å². The number of benzene rings is 1. The summed E-state index contributed by atoms with van der Waals surface area (Å²) in [7, 11) is -3.80. The van der Waals surface area contributed by atoms with E-state index in [4.69, 9.17) is 9.05 Å². The maximum atomic E-state index is 14.0. The average molecular weight is 272 g/mol. The third-order valence-corrected chi connectivity index (χ3v) is 4.17. The van der Waals surface area contributed by atoms with E-state index in [0.29, 0.717) is 5.56 Å². The van der Waals surface area contributed by atoms with Crippen molar-refractivity contribution in [1.82, 2.24) is 0 Å². The van der Waals surface area contributed by atoms with Gasteiger partial charge in [-0.1, -0.05) is 24.3 Å². The molecule has 0 amide bonds. The Morgan fingerprint density at radius 1 is 1.28 bits per heavy atom. The van der Waals surface area contributed by atoms with E-state index >= 15 is 0 Å². The molecule has 0 spiro atoms. The SMILES string of the molecule is CCOP(=O)(OCC)C(F)=Cc1ccccc1C. The first-order valence-electron chi connectivity index (χ1n) is 5.86. The molecule has 0 saturated heterocycles. The maximum absolute atomic E-state index is 14.0. The fourth-order valence-corrected chi connectivity index (χ4v) is 2.75. The first-order chi connectivity index (χ1) is 8.53. The predicted octanol–water partition coefficient (Wildman–Crippen LogP) is 4.53. The van der Waals surface area contributed by atoms with E-state index in [1.165, 1.54) is 6.08 Å². The fraction of sp³-hybridized carbons (Fsp3) is 0.385. The van der Waals surface area contributed by atoms with Crippen LogP contribution in [0.15, 0.2) is 29.8 Å².